The number of halogens is 1. The minimum Gasteiger partial charge on any atom is -0.399 e. The standard InChI is InChI=1S/C10H14BrNO2S/c11-10-3-8(12)2-1-7(10)5-15-6-9(14)4-13/h1-3,9,13-14H,4-6,12H2. The van der Waals surface area contributed by atoms with Crippen molar-refractivity contribution in [3.05, 3.63) is 28.2 Å². The lowest BCUT2D eigenvalue weighted by molar-refractivity contribution is 0.113. The Bertz CT molecular complexity index is 322. The molecule has 1 aromatic carbocycles. The van der Waals surface area contributed by atoms with Crippen molar-refractivity contribution in [2.24, 2.45) is 0 Å². The monoisotopic (exact) mass is 291 g/mol. The van der Waals surface area contributed by atoms with E-state index in [4.69, 9.17) is 15.9 Å². The number of hydrogen-bond acceptors (Lipinski definition) is 4. The predicted octanol–water partition coefficient (Wildman–Crippen LogP) is 1.62. The van der Waals surface area contributed by atoms with Crippen LogP contribution in [0.3, 0.4) is 0 Å². The molecule has 5 heteroatoms. The number of anilines is 1. The van der Waals surface area contributed by atoms with Crippen LogP contribution >= 0.6 is 27.7 Å². The molecule has 1 aromatic rings. The molecule has 4 N–H and O–H groups in total. The van der Waals surface area contributed by atoms with Crippen LogP contribution in [0.25, 0.3) is 0 Å². The Morgan fingerprint density at radius 3 is 2.80 bits per heavy atom. The van der Waals surface area contributed by atoms with Gasteiger partial charge in [0, 0.05) is 21.7 Å². The fourth-order valence-corrected chi connectivity index (χ4v) is 2.73. The van der Waals surface area contributed by atoms with Gasteiger partial charge in [0.2, 0.25) is 0 Å². The van der Waals surface area contributed by atoms with E-state index in [-0.39, 0.29) is 6.61 Å². The van der Waals surface area contributed by atoms with Gasteiger partial charge in [-0.3, -0.25) is 0 Å². The fourth-order valence-electron chi connectivity index (χ4n) is 1.04. The van der Waals surface area contributed by atoms with Gasteiger partial charge in [0.15, 0.2) is 0 Å². The third kappa shape index (κ3) is 4.42. The molecule has 0 radical (unpaired) electrons. The van der Waals surface area contributed by atoms with Gasteiger partial charge < -0.3 is 15.9 Å². The van der Waals surface area contributed by atoms with Crippen LogP contribution < -0.4 is 5.73 Å². The van der Waals surface area contributed by atoms with E-state index in [1.54, 1.807) is 11.8 Å². The van der Waals surface area contributed by atoms with E-state index in [9.17, 15) is 0 Å². The van der Waals surface area contributed by atoms with Crippen molar-refractivity contribution in [1.29, 1.82) is 0 Å². The lowest BCUT2D eigenvalue weighted by Crippen LogP contribution is -2.14. The van der Waals surface area contributed by atoms with E-state index in [0.29, 0.717) is 5.75 Å². The van der Waals surface area contributed by atoms with Crippen LogP contribution in [0.4, 0.5) is 5.69 Å². The summed E-state index contributed by atoms with van der Waals surface area (Å²) < 4.78 is 0.980. The van der Waals surface area contributed by atoms with Crippen LogP contribution in [0.2, 0.25) is 0 Å². The zero-order valence-electron chi connectivity index (χ0n) is 8.19. The molecule has 0 aliphatic heterocycles. The SMILES string of the molecule is Nc1ccc(CSCC(O)CO)c(Br)c1. The summed E-state index contributed by atoms with van der Waals surface area (Å²) in [5.74, 6) is 1.32. The van der Waals surface area contributed by atoms with Crippen molar-refractivity contribution in [1.82, 2.24) is 0 Å². The summed E-state index contributed by atoms with van der Waals surface area (Å²) in [6.07, 6.45) is -0.637. The maximum Gasteiger partial charge on any atom is 0.0861 e. The maximum absolute atomic E-state index is 9.15. The largest absolute Gasteiger partial charge is 0.399 e. The summed E-state index contributed by atoms with van der Waals surface area (Å²) in [4.78, 5) is 0. The zero-order chi connectivity index (χ0) is 11.3. The fraction of sp³-hybridized carbons (Fsp3) is 0.400. The summed E-state index contributed by atoms with van der Waals surface area (Å²) >= 11 is 5.00. The Kier molecular flexibility index (Phi) is 5.45. The Hall–Kier alpha value is -0.230. The van der Waals surface area contributed by atoms with Crippen molar-refractivity contribution in [2.45, 2.75) is 11.9 Å². The van der Waals surface area contributed by atoms with Crippen LogP contribution in [-0.4, -0.2) is 28.7 Å². The average Bonchev–Trinajstić information content (AvgIpc) is 2.21. The molecule has 0 spiro atoms. The van der Waals surface area contributed by atoms with Crippen LogP contribution in [-0.2, 0) is 5.75 Å². The number of nitrogens with two attached hydrogens (primary N) is 1. The first-order chi connectivity index (χ1) is 7.13. The van der Waals surface area contributed by atoms with Gasteiger partial charge in [0.25, 0.3) is 0 Å². The third-order valence-corrected chi connectivity index (χ3v) is 3.73. The lowest BCUT2D eigenvalue weighted by atomic mass is 10.2. The molecule has 1 rings (SSSR count). The average molecular weight is 292 g/mol. The number of rotatable bonds is 5. The molecule has 1 unspecified atom stereocenters. The molecule has 0 amide bonds. The number of aliphatic hydroxyl groups is 2. The summed E-state index contributed by atoms with van der Waals surface area (Å²) in [7, 11) is 0. The maximum atomic E-state index is 9.15. The number of aliphatic hydroxyl groups excluding tert-OH is 2. The Morgan fingerprint density at radius 2 is 2.20 bits per heavy atom. The summed E-state index contributed by atoms with van der Waals surface area (Å²) in [5.41, 5.74) is 7.48. The van der Waals surface area contributed by atoms with Gasteiger partial charge in [-0.1, -0.05) is 22.0 Å². The van der Waals surface area contributed by atoms with Crippen molar-refractivity contribution < 1.29 is 10.2 Å². The molecule has 3 nitrogen and oxygen atoms in total. The van der Waals surface area contributed by atoms with Gasteiger partial charge in [-0.25, -0.2) is 0 Å². The molecule has 84 valence electrons. The zero-order valence-corrected chi connectivity index (χ0v) is 10.6. The second-order valence-corrected chi connectivity index (χ2v) is 5.09. The molecule has 0 saturated heterocycles. The number of benzene rings is 1. The molecule has 1 atom stereocenters. The Balaban J connectivity index is 2.44. The normalized spacial score (nSPS) is 12.7. The van der Waals surface area contributed by atoms with E-state index >= 15 is 0 Å². The summed E-state index contributed by atoms with van der Waals surface area (Å²) in [5, 5.41) is 17.8. The second kappa shape index (κ2) is 6.37. The van der Waals surface area contributed by atoms with E-state index in [2.05, 4.69) is 15.9 Å². The number of thioether (sulfide) groups is 1. The Morgan fingerprint density at radius 1 is 1.47 bits per heavy atom. The smallest absolute Gasteiger partial charge is 0.0861 e. The van der Waals surface area contributed by atoms with Gasteiger partial charge in [0.1, 0.15) is 0 Å². The summed E-state index contributed by atoms with van der Waals surface area (Å²) in [6, 6.07) is 5.67. The molecule has 0 aliphatic rings. The molecular formula is C10H14BrNO2S. The van der Waals surface area contributed by atoms with Gasteiger partial charge in [-0.2, -0.15) is 11.8 Å². The first-order valence-electron chi connectivity index (χ1n) is 4.54. The first-order valence-corrected chi connectivity index (χ1v) is 6.49. The van der Waals surface area contributed by atoms with Crippen LogP contribution in [0.15, 0.2) is 22.7 Å². The number of hydrogen-bond donors (Lipinski definition) is 3. The predicted molar refractivity (Wildman–Crippen MR) is 67.8 cm³/mol. The quantitative estimate of drug-likeness (QED) is 0.721. The van der Waals surface area contributed by atoms with Crippen LogP contribution in [0.5, 0.6) is 0 Å². The van der Waals surface area contributed by atoms with Crippen molar-refractivity contribution in [3.8, 4) is 0 Å². The van der Waals surface area contributed by atoms with E-state index in [1.807, 2.05) is 18.2 Å². The van der Waals surface area contributed by atoms with Crippen molar-refractivity contribution in [3.63, 3.8) is 0 Å². The van der Waals surface area contributed by atoms with Crippen molar-refractivity contribution >= 4 is 33.4 Å². The van der Waals surface area contributed by atoms with Gasteiger partial charge in [-0.15, -0.1) is 0 Å². The van der Waals surface area contributed by atoms with Crippen molar-refractivity contribution in [2.75, 3.05) is 18.1 Å². The highest BCUT2D eigenvalue weighted by Gasteiger charge is 2.04. The molecule has 0 heterocycles. The molecule has 0 aromatic heterocycles. The van der Waals surface area contributed by atoms with Crippen LogP contribution in [0.1, 0.15) is 5.56 Å². The molecule has 15 heavy (non-hydrogen) atoms. The van der Waals surface area contributed by atoms with Gasteiger partial charge in [0.05, 0.1) is 12.7 Å². The van der Waals surface area contributed by atoms with Gasteiger partial charge in [-0.05, 0) is 17.7 Å². The minimum absolute atomic E-state index is 0.185. The molecular weight excluding hydrogens is 278 g/mol. The second-order valence-electron chi connectivity index (χ2n) is 3.20. The third-order valence-electron chi connectivity index (χ3n) is 1.86. The van der Waals surface area contributed by atoms with Gasteiger partial charge >= 0.3 is 0 Å². The first kappa shape index (κ1) is 12.8. The van der Waals surface area contributed by atoms with E-state index in [1.165, 1.54) is 0 Å². The molecule has 0 aliphatic carbocycles. The lowest BCUT2D eigenvalue weighted by Gasteiger charge is -2.08. The molecule has 0 saturated carbocycles. The highest BCUT2D eigenvalue weighted by atomic mass is 79.9. The molecule has 0 bridgehead atoms. The Labute approximate surface area is 102 Å². The number of nitrogen functional groups attached to an aromatic ring is 1. The summed E-state index contributed by atoms with van der Waals surface area (Å²) in [6.45, 7) is -0.185. The van der Waals surface area contributed by atoms with E-state index in [0.717, 1.165) is 21.5 Å². The van der Waals surface area contributed by atoms with Crippen LogP contribution in [0, 0.1) is 0 Å². The topological polar surface area (TPSA) is 66.5 Å². The van der Waals surface area contributed by atoms with E-state index < -0.39 is 6.10 Å². The highest BCUT2D eigenvalue weighted by Crippen LogP contribution is 2.24. The molecule has 0 fully saturated rings. The minimum atomic E-state index is -0.637. The highest BCUT2D eigenvalue weighted by molar-refractivity contribution is 9.10.